The molecule has 0 bridgehead atoms. The fourth-order valence-electron chi connectivity index (χ4n) is 2.24. The number of nitrogens with one attached hydrogen (secondary N) is 1. The zero-order chi connectivity index (χ0) is 12.1. The Bertz CT molecular complexity index is 318. The van der Waals surface area contributed by atoms with Crippen LogP contribution in [0.4, 0.5) is 0 Å². The van der Waals surface area contributed by atoms with Crippen molar-refractivity contribution < 1.29 is 9.53 Å². The number of esters is 1. The molecule has 0 aromatic rings. The molecule has 0 spiro atoms. The van der Waals surface area contributed by atoms with Gasteiger partial charge in [-0.1, -0.05) is 0 Å². The van der Waals surface area contributed by atoms with Gasteiger partial charge in [0, 0.05) is 0 Å². The topological polar surface area (TPSA) is 41.6 Å². The van der Waals surface area contributed by atoms with E-state index in [1.54, 1.807) is 4.47 Å². The Morgan fingerprint density at radius 1 is 1.35 bits per heavy atom. The van der Waals surface area contributed by atoms with E-state index in [9.17, 15) is 4.79 Å². The Morgan fingerprint density at radius 3 is 2.88 bits per heavy atom. The molecule has 2 rings (SSSR count). The maximum atomic E-state index is 11.5. The molecule has 96 valence electrons. The minimum atomic E-state index is -0.133. The number of hydrogen-bond acceptors (Lipinski definition) is 4. The van der Waals surface area contributed by atoms with Crippen LogP contribution in [0.25, 0.3) is 0 Å². The third-order valence-electron chi connectivity index (χ3n) is 3.09. The Balaban J connectivity index is 1.97. The molecule has 0 aromatic carbocycles. The van der Waals surface area contributed by atoms with E-state index in [1.165, 1.54) is 37.8 Å². The molecule has 0 amide bonds. The number of ether oxygens (including phenoxy) is 1. The van der Waals surface area contributed by atoms with Gasteiger partial charge in [0.1, 0.15) is 0 Å². The van der Waals surface area contributed by atoms with E-state index < -0.39 is 0 Å². The molecule has 0 radical (unpaired) electrons. The molecule has 1 aliphatic heterocycles. The first-order valence-corrected chi connectivity index (χ1v) is 8.10. The Labute approximate surface area is 109 Å². The summed E-state index contributed by atoms with van der Waals surface area (Å²) in [6.07, 6.45) is 7.54. The van der Waals surface area contributed by atoms with E-state index in [0.717, 1.165) is 6.42 Å². The average Bonchev–Trinajstić information content (AvgIpc) is 2.60. The molecule has 0 atom stereocenters. The molecule has 0 saturated carbocycles. The van der Waals surface area contributed by atoms with Crippen molar-refractivity contribution >= 4 is 21.1 Å². The van der Waals surface area contributed by atoms with Crippen LogP contribution >= 0.6 is 0 Å². The van der Waals surface area contributed by atoms with Gasteiger partial charge in [-0.2, -0.15) is 0 Å². The van der Waals surface area contributed by atoms with Crippen molar-refractivity contribution in [2.75, 3.05) is 13.2 Å². The number of carbonyl (C=O) groups excluding carboxylic acids is 1. The zero-order valence-electron chi connectivity index (χ0n) is 10.3. The summed E-state index contributed by atoms with van der Waals surface area (Å²) in [6.45, 7) is 2.66. The van der Waals surface area contributed by atoms with Gasteiger partial charge >= 0.3 is 109 Å². The van der Waals surface area contributed by atoms with E-state index in [-0.39, 0.29) is 5.97 Å². The summed E-state index contributed by atoms with van der Waals surface area (Å²) < 4.78 is 9.92. The van der Waals surface area contributed by atoms with Crippen LogP contribution in [0, 0.1) is 0 Å². The SMILES string of the molecule is CCOC(=O)CN1N[Se]C2=C1CCCCCC2. The van der Waals surface area contributed by atoms with Crippen LogP contribution in [-0.4, -0.2) is 39.3 Å². The average molecular weight is 303 g/mol. The predicted molar refractivity (Wildman–Crippen MR) is 67.0 cm³/mol. The van der Waals surface area contributed by atoms with Gasteiger partial charge in [-0.15, -0.1) is 0 Å². The van der Waals surface area contributed by atoms with Crippen LogP contribution in [0.5, 0.6) is 0 Å². The Kier molecular flexibility index (Phi) is 4.89. The number of nitrogens with zero attached hydrogens (tertiary/aromatic N) is 1. The summed E-state index contributed by atoms with van der Waals surface area (Å²) in [6, 6.07) is 0. The van der Waals surface area contributed by atoms with Crippen molar-refractivity contribution in [3.05, 3.63) is 10.2 Å². The summed E-state index contributed by atoms with van der Waals surface area (Å²) in [5.74, 6) is -0.133. The summed E-state index contributed by atoms with van der Waals surface area (Å²) in [4.78, 5) is 11.5. The van der Waals surface area contributed by atoms with Gasteiger partial charge in [0.2, 0.25) is 0 Å². The number of rotatable bonds is 3. The molecular weight excluding hydrogens is 283 g/mol. The number of allylic oxidation sites excluding steroid dienone is 2. The van der Waals surface area contributed by atoms with Crippen LogP contribution in [0.1, 0.15) is 45.4 Å². The molecule has 2 aliphatic rings. The number of hydrogen-bond donors (Lipinski definition) is 1. The van der Waals surface area contributed by atoms with E-state index in [2.05, 4.69) is 4.44 Å². The van der Waals surface area contributed by atoms with Crippen LogP contribution in [0.2, 0.25) is 0 Å². The van der Waals surface area contributed by atoms with Crippen molar-refractivity contribution in [3.8, 4) is 0 Å². The molecule has 0 aromatic heterocycles. The fraction of sp³-hybridized carbons (Fsp3) is 0.750. The van der Waals surface area contributed by atoms with Crippen LogP contribution in [0.3, 0.4) is 0 Å². The third-order valence-corrected chi connectivity index (χ3v) is 5.18. The monoisotopic (exact) mass is 304 g/mol. The molecule has 0 saturated heterocycles. The molecule has 17 heavy (non-hydrogen) atoms. The van der Waals surface area contributed by atoms with Crippen LogP contribution < -0.4 is 4.44 Å². The van der Waals surface area contributed by atoms with Crippen molar-refractivity contribution in [2.24, 2.45) is 0 Å². The predicted octanol–water partition coefficient (Wildman–Crippen LogP) is 1.55. The van der Waals surface area contributed by atoms with Gasteiger partial charge in [0.15, 0.2) is 0 Å². The molecule has 5 heteroatoms. The number of carbonyl (C=O) groups is 1. The molecule has 0 unspecified atom stereocenters. The van der Waals surface area contributed by atoms with Gasteiger partial charge in [-0.05, 0) is 0 Å². The van der Waals surface area contributed by atoms with E-state index in [0.29, 0.717) is 28.3 Å². The Morgan fingerprint density at radius 2 is 2.12 bits per heavy atom. The summed E-state index contributed by atoms with van der Waals surface area (Å²) >= 11 is 0.346. The van der Waals surface area contributed by atoms with Gasteiger partial charge in [-0.25, -0.2) is 0 Å². The molecule has 1 aliphatic carbocycles. The second-order valence-electron chi connectivity index (χ2n) is 4.37. The van der Waals surface area contributed by atoms with E-state index in [1.807, 2.05) is 11.9 Å². The summed E-state index contributed by atoms with van der Waals surface area (Å²) in [5.41, 5.74) is 1.37. The standard InChI is InChI=1S/C12H20N2O2Se/c1-2-16-12(15)9-14-10-7-5-3-4-6-8-11(10)17-13-14/h13H,2-9H2,1H3. The van der Waals surface area contributed by atoms with Crippen LogP contribution in [0.15, 0.2) is 10.2 Å². The second-order valence-corrected chi connectivity index (χ2v) is 6.21. The van der Waals surface area contributed by atoms with E-state index >= 15 is 0 Å². The molecule has 1 N–H and O–H groups in total. The molecular formula is C12H20N2O2Se. The summed E-state index contributed by atoms with van der Waals surface area (Å²) in [5, 5.41) is 2.03. The Hall–Kier alpha value is -0.511. The first-order valence-electron chi connectivity index (χ1n) is 6.39. The quantitative estimate of drug-likeness (QED) is 0.634. The zero-order valence-corrected chi connectivity index (χ0v) is 12.0. The number of hydrazine groups is 1. The van der Waals surface area contributed by atoms with Crippen molar-refractivity contribution in [3.63, 3.8) is 0 Å². The van der Waals surface area contributed by atoms with Crippen molar-refractivity contribution in [2.45, 2.75) is 45.4 Å². The summed E-state index contributed by atoms with van der Waals surface area (Å²) in [7, 11) is 0. The van der Waals surface area contributed by atoms with Crippen molar-refractivity contribution in [1.82, 2.24) is 9.45 Å². The van der Waals surface area contributed by atoms with Crippen LogP contribution in [-0.2, 0) is 9.53 Å². The molecule has 4 nitrogen and oxygen atoms in total. The van der Waals surface area contributed by atoms with Crippen molar-refractivity contribution in [1.29, 1.82) is 0 Å². The normalized spacial score (nSPS) is 20.9. The van der Waals surface area contributed by atoms with Gasteiger partial charge < -0.3 is 0 Å². The third kappa shape index (κ3) is 3.47. The second kappa shape index (κ2) is 6.43. The van der Waals surface area contributed by atoms with E-state index in [4.69, 9.17) is 4.74 Å². The molecule has 0 fully saturated rings. The van der Waals surface area contributed by atoms with Gasteiger partial charge in [-0.3, -0.25) is 0 Å². The maximum absolute atomic E-state index is 11.5. The molecule has 1 heterocycles. The minimum absolute atomic E-state index is 0.133. The van der Waals surface area contributed by atoms with Gasteiger partial charge in [0.25, 0.3) is 0 Å². The first kappa shape index (κ1) is 12.9. The van der Waals surface area contributed by atoms with Gasteiger partial charge in [0.05, 0.1) is 0 Å². The first-order chi connectivity index (χ1) is 8.31. The fourth-order valence-corrected chi connectivity index (χ4v) is 4.28.